The third kappa shape index (κ3) is 2.20. The van der Waals surface area contributed by atoms with Crippen LogP contribution < -0.4 is 5.73 Å². The molecule has 86 valence electrons. The van der Waals surface area contributed by atoms with E-state index in [4.69, 9.17) is 22.1 Å². The predicted molar refractivity (Wildman–Crippen MR) is 63.7 cm³/mol. The molecule has 0 spiro atoms. The number of para-hydroxylation sites is 1. The number of rotatable bonds is 2. The standard InChI is InChI=1S/C12H14ClNO2/c13-10-3-1-2-9(11(10)14)12(15)8-4-6-16-7-5-8/h1-3,8H,4-7,14H2. The number of anilines is 1. The number of Topliss-reactive ketones (excluding diaryl/α,β-unsaturated/α-hetero) is 1. The molecule has 0 unspecified atom stereocenters. The summed E-state index contributed by atoms with van der Waals surface area (Å²) in [7, 11) is 0. The maximum Gasteiger partial charge on any atom is 0.168 e. The minimum Gasteiger partial charge on any atom is -0.397 e. The highest BCUT2D eigenvalue weighted by molar-refractivity contribution is 6.34. The zero-order valence-corrected chi connectivity index (χ0v) is 9.67. The lowest BCUT2D eigenvalue weighted by Gasteiger charge is -2.21. The molecule has 1 aromatic carbocycles. The Morgan fingerprint density at radius 1 is 1.38 bits per heavy atom. The zero-order chi connectivity index (χ0) is 11.5. The third-order valence-corrected chi connectivity index (χ3v) is 3.24. The van der Waals surface area contributed by atoms with E-state index < -0.39 is 0 Å². The minimum atomic E-state index is 0.0227. The molecule has 0 saturated carbocycles. The summed E-state index contributed by atoms with van der Waals surface area (Å²) in [6, 6.07) is 5.18. The molecule has 0 atom stereocenters. The fourth-order valence-corrected chi connectivity index (χ4v) is 2.11. The highest BCUT2D eigenvalue weighted by Gasteiger charge is 2.24. The van der Waals surface area contributed by atoms with Crippen molar-refractivity contribution in [3.05, 3.63) is 28.8 Å². The van der Waals surface area contributed by atoms with Gasteiger partial charge in [-0.05, 0) is 25.0 Å². The Balaban J connectivity index is 2.22. The van der Waals surface area contributed by atoms with E-state index >= 15 is 0 Å². The first-order chi connectivity index (χ1) is 7.70. The van der Waals surface area contributed by atoms with E-state index in [-0.39, 0.29) is 11.7 Å². The van der Waals surface area contributed by atoms with E-state index in [9.17, 15) is 4.79 Å². The molecule has 0 radical (unpaired) electrons. The second kappa shape index (κ2) is 4.85. The van der Waals surface area contributed by atoms with E-state index in [1.165, 1.54) is 0 Å². The van der Waals surface area contributed by atoms with Crippen molar-refractivity contribution in [2.75, 3.05) is 18.9 Å². The van der Waals surface area contributed by atoms with Gasteiger partial charge in [-0.25, -0.2) is 0 Å². The normalized spacial score (nSPS) is 17.3. The van der Waals surface area contributed by atoms with E-state index in [1.807, 2.05) is 0 Å². The smallest absolute Gasteiger partial charge is 0.168 e. The molecular weight excluding hydrogens is 226 g/mol. The van der Waals surface area contributed by atoms with Gasteiger partial charge in [0.2, 0.25) is 0 Å². The van der Waals surface area contributed by atoms with Crippen LogP contribution in [0, 0.1) is 5.92 Å². The molecule has 1 aromatic rings. The van der Waals surface area contributed by atoms with Crippen molar-refractivity contribution >= 4 is 23.1 Å². The van der Waals surface area contributed by atoms with Gasteiger partial charge in [0.05, 0.1) is 10.7 Å². The van der Waals surface area contributed by atoms with Crippen LogP contribution >= 0.6 is 11.6 Å². The van der Waals surface area contributed by atoms with Gasteiger partial charge in [-0.2, -0.15) is 0 Å². The van der Waals surface area contributed by atoms with E-state index in [2.05, 4.69) is 0 Å². The van der Waals surface area contributed by atoms with Crippen LogP contribution in [0.3, 0.4) is 0 Å². The first kappa shape index (κ1) is 11.4. The summed E-state index contributed by atoms with van der Waals surface area (Å²) in [5.41, 5.74) is 6.74. The van der Waals surface area contributed by atoms with Crippen molar-refractivity contribution in [1.29, 1.82) is 0 Å². The van der Waals surface area contributed by atoms with Crippen LogP contribution in [0.15, 0.2) is 18.2 Å². The highest BCUT2D eigenvalue weighted by Crippen LogP contribution is 2.27. The Bertz CT molecular complexity index is 400. The fraction of sp³-hybridized carbons (Fsp3) is 0.417. The SMILES string of the molecule is Nc1c(Cl)cccc1C(=O)C1CCOCC1. The van der Waals surface area contributed by atoms with E-state index in [0.29, 0.717) is 29.5 Å². The Labute approximate surface area is 99.5 Å². The molecule has 1 saturated heterocycles. The second-order valence-electron chi connectivity index (χ2n) is 3.95. The summed E-state index contributed by atoms with van der Waals surface area (Å²) in [5, 5.41) is 0.443. The second-order valence-corrected chi connectivity index (χ2v) is 4.36. The molecule has 0 aliphatic carbocycles. The molecule has 0 amide bonds. The number of halogens is 1. The van der Waals surface area contributed by atoms with Crippen molar-refractivity contribution in [2.24, 2.45) is 5.92 Å². The van der Waals surface area contributed by atoms with Crippen LogP contribution in [0.25, 0.3) is 0 Å². The molecule has 1 heterocycles. The first-order valence-electron chi connectivity index (χ1n) is 5.36. The number of carbonyl (C=O) groups is 1. The molecule has 0 aromatic heterocycles. The number of ketones is 1. The molecule has 1 aliphatic rings. The largest absolute Gasteiger partial charge is 0.397 e. The maximum atomic E-state index is 12.2. The monoisotopic (exact) mass is 239 g/mol. The summed E-state index contributed by atoms with van der Waals surface area (Å²) in [6.45, 7) is 1.30. The lowest BCUT2D eigenvalue weighted by atomic mass is 9.90. The number of carbonyl (C=O) groups excluding carboxylic acids is 1. The molecule has 2 N–H and O–H groups in total. The predicted octanol–water partition coefficient (Wildman–Crippen LogP) is 2.53. The molecule has 2 rings (SSSR count). The van der Waals surface area contributed by atoms with Gasteiger partial charge in [-0.15, -0.1) is 0 Å². The van der Waals surface area contributed by atoms with Crippen molar-refractivity contribution < 1.29 is 9.53 Å². The lowest BCUT2D eigenvalue weighted by molar-refractivity contribution is 0.0545. The van der Waals surface area contributed by atoms with Crippen LogP contribution in [-0.2, 0) is 4.74 Å². The minimum absolute atomic E-state index is 0.0227. The topological polar surface area (TPSA) is 52.3 Å². The number of hydrogen-bond donors (Lipinski definition) is 1. The molecule has 3 nitrogen and oxygen atoms in total. The van der Waals surface area contributed by atoms with Crippen molar-refractivity contribution in [2.45, 2.75) is 12.8 Å². The van der Waals surface area contributed by atoms with Crippen molar-refractivity contribution in [3.8, 4) is 0 Å². The lowest BCUT2D eigenvalue weighted by Crippen LogP contribution is -2.24. The van der Waals surface area contributed by atoms with Gasteiger partial charge >= 0.3 is 0 Å². The number of nitrogens with two attached hydrogens (primary N) is 1. The Morgan fingerprint density at radius 3 is 2.75 bits per heavy atom. The van der Waals surface area contributed by atoms with Gasteiger partial charge in [0.1, 0.15) is 0 Å². The molecule has 1 fully saturated rings. The average Bonchev–Trinajstić information content (AvgIpc) is 2.33. The average molecular weight is 240 g/mol. The summed E-state index contributed by atoms with van der Waals surface area (Å²) in [4.78, 5) is 12.2. The summed E-state index contributed by atoms with van der Waals surface area (Å²) >= 11 is 5.89. The van der Waals surface area contributed by atoms with E-state index in [1.54, 1.807) is 18.2 Å². The van der Waals surface area contributed by atoms with Crippen LogP contribution in [0.5, 0.6) is 0 Å². The quantitative estimate of drug-likeness (QED) is 0.637. The first-order valence-corrected chi connectivity index (χ1v) is 5.74. The summed E-state index contributed by atoms with van der Waals surface area (Å²) in [6.07, 6.45) is 1.54. The Kier molecular flexibility index (Phi) is 3.46. The number of hydrogen-bond acceptors (Lipinski definition) is 3. The van der Waals surface area contributed by atoms with Gasteiger partial charge < -0.3 is 10.5 Å². The molecule has 4 heteroatoms. The third-order valence-electron chi connectivity index (χ3n) is 2.91. The Morgan fingerprint density at radius 2 is 2.06 bits per heavy atom. The van der Waals surface area contributed by atoms with Gasteiger partial charge in [0, 0.05) is 24.7 Å². The van der Waals surface area contributed by atoms with Crippen LogP contribution in [-0.4, -0.2) is 19.0 Å². The Hall–Kier alpha value is -1.06. The molecule has 16 heavy (non-hydrogen) atoms. The molecule has 0 bridgehead atoms. The van der Waals surface area contributed by atoms with E-state index in [0.717, 1.165) is 12.8 Å². The van der Waals surface area contributed by atoms with Crippen molar-refractivity contribution in [1.82, 2.24) is 0 Å². The number of ether oxygens (including phenoxy) is 1. The van der Waals surface area contributed by atoms with Crippen LogP contribution in [0.1, 0.15) is 23.2 Å². The maximum absolute atomic E-state index is 12.2. The van der Waals surface area contributed by atoms with Crippen LogP contribution in [0.4, 0.5) is 5.69 Å². The zero-order valence-electron chi connectivity index (χ0n) is 8.91. The number of benzene rings is 1. The van der Waals surface area contributed by atoms with Gasteiger partial charge in [-0.3, -0.25) is 4.79 Å². The molecule has 1 aliphatic heterocycles. The number of nitrogen functional groups attached to an aromatic ring is 1. The molecular formula is C12H14ClNO2. The fourth-order valence-electron chi connectivity index (χ4n) is 1.93. The van der Waals surface area contributed by atoms with Gasteiger partial charge in [0.15, 0.2) is 5.78 Å². The van der Waals surface area contributed by atoms with Gasteiger partial charge in [0.25, 0.3) is 0 Å². The summed E-state index contributed by atoms with van der Waals surface area (Å²) < 4.78 is 5.23. The van der Waals surface area contributed by atoms with Crippen molar-refractivity contribution in [3.63, 3.8) is 0 Å². The van der Waals surface area contributed by atoms with Crippen LogP contribution in [0.2, 0.25) is 5.02 Å². The summed E-state index contributed by atoms with van der Waals surface area (Å²) in [5.74, 6) is 0.109. The highest BCUT2D eigenvalue weighted by atomic mass is 35.5. The van der Waals surface area contributed by atoms with Gasteiger partial charge in [-0.1, -0.05) is 17.7 Å².